The van der Waals surface area contributed by atoms with Gasteiger partial charge in [0.05, 0.1) is 12.9 Å². The Morgan fingerprint density at radius 2 is 2.05 bits per heavy atom. The molecule has 19 heavy (non-hydrogen) atoms. The van der Waals surface area contributed by atoms with Crippen molar-refractivity contribution in [1.82, 2.24) is 0 Å². The average molecular weight is 263 g/mol. The summed E-state index contributed by atoms with van der Waals surface area (Å²) in [4.78, 5) is 0. The van der Waals surface area contributed by atoms with Gasteiger partial charge in [0.2, 0.25) is 0 Å². The first kappa shape index (κ1) is 13.8. The lowest BCUT2D eigenvalue weighted by molar-refractivity contribution is 0.00624. The fourth-order valence-corrected chi connectivity index (χ4v) is 1.88. The average Bonchev–Trinajstić information content (AvgIpc) is 2.94. The second kappa shape index (κ2) is 6.50. The molecule has 102 valence electrons. The summed E-state index contributed by atoms with van der Waals surface area (Å²) in [6.07, 6.45) is 1.97. The molecule has 0 amide bonds. The van der Waals surface area contributed by atoms with E-state index in [1.165, 1.54) is 6.07 Å². The van der Waals surface area contributed by atoms with Gasteiger partial charge in [-0.15, -0.1) is 0 Å². The maximum atomic E-state index is 13.5. The molecule has 0 aliphatic rings. The van der Waals surface area contributed by atoms with E-state index >= 15 is 0 Å². The number of halogens is 1. The summed E-state index contributed by atoms with van der Waals surface area (Å²) in [5, 5.41) is 0. The zero-order valence-corrected chi connectivity index (χ0v) is 10.9. The monoisotopic (exact) mass is 263 g/mol. The summed E-state index contributed by atoms with van der Waals surface area (Å²) in [5.41, 5.74) is 6.55. The lowest BCUT2D eigenvalue weighted by Crippen LogP contribution is -2.29. The van der Waals surface area contributed by atoms with E-state index in [0.717, 1.165) is 6.42 Å². The molecule has 2 unspecified atom stereocenters. The van der Waals surface area contributed by atoms with Crippen molar-refractivity contribution in [3.8, 4) is 0 Å². The highest BCUT2D eigenvalue weighted by Gasteiger charge is 2.22. The molecule has 2 atom stereocenters. The minimum absolute atomic E-state index is 0.172. The highest BCUT2D eigenvalue weighted by Crippen LogP contribution is 2.24. The van der Waals surface area contributed by atoms with Crippen LogP contribution in [0.4, 0.5) is 4.39 Å². The van der Waals surface area contributed by atoms with Crippen molar-refractivity contribution in [1.29, 1.82) is 0 Å². The minimum Gasteiger partial charge on any atom is -0.467 e. The van der Waals surface area contributed by atoms with Gasteiger partial charge in [-0.2, -0.15) is 0 Å². The van der Waals surface area contributed by atoms with Crippen LogP contribution in [0.2, 0.25) is 0 Å². The maximum Gasteiger partial charge on any atom is 0.134 e. The molecule has 4 heteroatoms. The van der Waals surface area contributed by atoms with Crippen LogP contribution in [0.15, 0.2) is 47.1 Å². The van der Waals surface area contributed by atoms with Crippen molar-refractivity contribution in [2.45, 2.75) is 32.1 Å². The number of hydrogen-bond donors (Lipinski definition) is 1. The first-order valence-electron chi connectivity index (χ1n) is 6.36. The van der Waals surface area contributed by atoms with Gasteiger partial charge in [0, 0.05) is 11.6 Å². The zero-order chi connectivity index (χ0) is 13.7. The van der Waals surface area contributed by atoms with Crippen molar-refractivity contribution in [2.75, 3.05) is 0 Å². The van der Waals surface area contributed by atoms with Crippen LogP contribution in [0.25, 0.3) is 0 Å². The Morgan fingerprint density at radius 1 is 1.26 bits per heavy atom. The van der Waals surface area contributed by atoms with Gasteiger partial charge in [-0.1, -0.05) is 25.1 Å². The van der Waals surface area contributed by atoms with E-state index in [0.29, 0.717) is 11.3 Å². The Bertz CT molecular complexity index is 499. The molecule has 2 N–H and O–H groups in total. The topological polar surface area (TPSA) is 48.4 Å². The molecule has 3 nitrogen and oxygen atoms in total. The molecule has 0 aliphatic carbocycles. The fraction of sp³-hybridized carbons (Fsp3) is 0.333. The lowest BCUT2D eigenvalue weighted by atomic mass is 10.1. The first-order chi connectivity index (χ1) is 9.22. The highest BCUT2D eigenvalue weighted by atomic mass is 19.1. The van der Waals surface area contributed by atoms with E-state index in [1.54, 1.807) is 30.5 Å². The molecule has 2 aromatic rings. The third kappa shape index (κ3) is 3.43. The van der Waals surface area contributed by atoms with Crippen LogP contribution < -0.4 is 5.73 Å². The van der Waals surface area contributed by atoms with Crippen LogP contribution in [0.3, 0.4) is 0 Å². The number of nitrogens with two attached hydrogens (primary N) is 1. The molecule has 0 radical (unpaired) electrons. The number of benzene rings is 1. The number of ether oxygens (including phenoxy) is 1. The predicted octanol–water partition coefficient (Wildman–Crippen LogP) is 3.41. The van der Waals surface area contributed by atoms with E-state index in [2.05, 4.69) is 0 Å². The molecule has 0 spiro atoms. The molecular formula is C15H18FNO2. The molecule has 1 aromatic heterocycles. The summed E-state index contributed by atoms with van der Waals surface area (Å²) in [6.45, 7) is 2.15. The van der Waals surface area contributed by atoms with E-state index in [9.17, 15) is 4.39 Å². The van der Waals surface area contributed by atoms with E-state index in [4.69, 9.17) is 14.9 Å². The summed E-state index contributed by atoms with van der Waals surface area (Å²) < 4.78 is 24.6. The van der Waals surface area contributed by atoms with Gasteiger partial charge in [0.25, 0.3) is 0 Å². The molecule has 0 fully saturated rings. The molecule has 1 aromatic carbocycles. The fourth-order valence-electron chi connectivity index (χ4n) is 1.88. The number of hydrogen-bond acceptors (Lipinski definition) is 3. The summed E-state index contributed by atoms with van der Waals surface area (Å²) in [6, 6.07) is 9.98. The van der Waals surface area contributed by atoms with E-state index in [1.807, 2.05) is 13.0 Å². The third-order valence-electron chi connectivity index (χ3n) is 3.06. The molecule has 0 saturated carbocycles. The number of furan rings is 1. The van der Waals surface area contributed by atoms with Crippen molar-refractivity contribution in [2.24, 2.45) is 5.73 Å². The van der Waals surface area contributed by atoms with Crippen LogP contribution in [-0.4, -0.2) is 6.04 Å². The van der Waals surface area contributed by atoms with Gasteiger partial charge in [-0.05, 0) is 24.6 Å². The van der Waals surface area contributed by atoms with Crippen LogP contribution >= 0.6 is 0 Å². The van der Waals surface area contributed by atoms with Crippen molar-refractivity contribution in [3.05, 3.63) is 59.8 Å². The third-order valence-corrected chi connectivity index (χ3v) is 3.06. The SMILES string of the molecule is CCC(N)C(OCc1ccccc1F)c1ccco1. The second-order valence-corrected chi connectivity index (χ2v) is 4.41. The summed E-state index contributed by atoms with van der Waals surface area (Å²) in [5.74, 6) is 0.399. The van der Waals surface area contributed by atoms with Gasteiger partial charge in [0.1, 0.15) is 17.7 Å². The molecule has 0 aliphatic heterocycles. The largest absolute Gasteiger partial charge is 0.467 e. The van der Waals surface area contributed by atoms with Gasteiger partial charge < -0.3 is 14.9 Å². The quantitative estimate of drug-likeness (QED) is 0.868. The maximum absolute atomic E-state index is 13.5. The standard InChI is InChI=1S/C15H18FNO2/c1-2-13(17)15(14-8-5-9-18-14)19-10-11-6-3-4-7-12(11)16/h3-9,13,15H,2,10,17H2,1H3. The summed E-state index contributed by atoms with van der Waals surface area (Å²) >= 11 is 0. The molecule has 2 rings (SSSR count). The smallest absolute Gasteiger partial charge is 0.134 e. The molecule has 0 bridgehead atoms. The second-order valence-electron chi connectivity index (χ2n) is 4.41. The van der Waals surface area contributed by atoms with Crippen LogP contribution in [0.1, 0.15) is 30.8 Å². The normalized spacial score (nSPS) is 14.3. The van der Waals surface area contributed by atoms with Gasteiger partial charge >= 0.3 is 0 Å². The van der Waals surface area contributed by atoms with Crippen LogP contribution in [0, 0.1) is 5.82 Å². The van der Waals surface area contributed by atoms with Crippen LogP contribution in [0.5, 0.6) is 0 Å². The van der Waals surface area contributed by atoms with Gasteiger partial charge in [-0.3, -0.25) is 0 Å². The van der Waals surface area contributed by atoms with Crippen molar-refractivity contribution >= 4 is 0 Å². The number of rotatable bonds is 6. The van der Waals surface area contributed by atoms with Gasteiger partial charge in [-0.25, -0.2) is 4.39 Å². The van der Waals surface area contributed by atoms with E-state index in [-0.39, 0.29) is 24.6 Å². The van der Waals surface area contributed by atoms with Crippen LogP contribution in [-0.2, 0) is 11.3 Å². The lowest BCUT2D eigenvalue weighted by Gasteiger charge is -2.21. The Morgan fingerprint density at radius 3 is 2.68 bits per heavy atom. The Hall–Kier alpha value is -1.65. The Labute approximate surface area is 112 Å². The van der Waals surface area contributed by atoms with Crippen molar-refractivity contribution in [3.63, 3.8) is 0 Å². The predicted molar refractivity (Wildman–Crippen MR) is 70.9 cm³/mol. The first-order valence-corrected chi connectivity index (χ1v) is 6.36. The Balaban J connectivity index is 2.07. The summed E-state index contributed by atoms with van der Waals surface area (Å²) in [7, 11) is 0. The van der Waals surface area contributed by atoms with E-state index < -0.39 is 0 Å². The Kier molecular flexibility index (Phi) is 4.71. The molecular weight excluding hydrogens is 245 g/mol. The molecule has 1 heterocycles. The van der Waals surface area contributed by atoms with Gasteiger partial charge in [0.15, 0.2) is 0 Å². The zero-order valence-electron chi connectivity index (χ0n) is 10.9. The molecule has 0 saturated heterocycles. The highest BCUT2D eigenvalue weighted by molar-refractivity contribution is 5.16. The minimum atomic E-state index is -0.361. The van der Waals surface area contributed by atoms with Crippen molar-refractivity contribution < 1.29 is 13.5 Å².